The Bertz CT molecular complexity index is 484. The maximum absolute atomic E-state index is 5.59. The molecule has 2 nitrogen and oxygen atoms in total. The fourth-order valence-corrected chi connectivity index (χ4v) is 3.00. The average molecular weight is 235 g/mol. The molecule has 1 atom stereocenters. The van der Waals surface area contributed by atoms with Gasteiger partial charge >= 0.3 is 0 Å². The SMILES string of the molecule is CNC(c1ccc(C)s1)c1cc(C)oc1C. The quantitative estimate of drug-likeness (QED) is 0.879. The highest BCUT2D eigenvalue weighted by Crippen LogP contribution is 2.31. The molecule has 2 aromatic rings. The van der Waals surface area contributed by atoms with E-state index in [0.29, 0.717) is 0 Å². The number of rotatable bonds is 3. The van der Waals surface area contributed by atoms with Gasteiger partial charge in [0.1, 0.15) is 11.5 Å². The summed E-state index contributed by atoms with van der Waals surface area (Å²) < 4.78 is 5.59. The monoisotopic (exact) mass is 235 g/mol. The Morgan fingerprint density at radius 3 is 2.44 bits per heavy atom. The van der Waals surface area contributed by atoms with E-state index in [1.165, 1.54) is 15.3 Å². The lowest BCUT2D eigenvalue weighted by Crippen LogP contribution is -2.16. The molecule has 1 unspecified atom stereocenters. The van der Waals surface area contributed by atoms with Crippen LogP contribution in [0.15, 0.2) is 22.6 Å². The maximum atomic E-state index is 5.59. The minimum Gasteiger partial charge on any atom is -0.466 e. The smallest absolute Gasteiger partial charge is 0.106 e. The highest BCUT2D eigenvalue weighted by atomic mass is 32.1. The third-order valence-corrected chi connectivity index (χ3v) is 3.79. The molecule has 0 spiro atoms. The van der Waals surface area contributed by atoms with Crippen molar-refractivity contribution in [1.82, 2.24) is 5.32 Å². The van der Waals surface area contributed by atoms with Crippen LogP contribution in [0.25, 0.3) is 0 Å². The van der Waals surface area contributed by atoms with Crippen LogP contribution in [-0.2, 0) is 0 Å². The summed E-state index contributed by atoms with van der Waals surface area (Å²) >= 11 is 1.83. The van der Waals surface area contributed by atoms with E-state index in [0.717, 1.165) is 11.5 Å². The Balaban J connectivity index is 2.40. The molecule has 2 aromatic heterocycles. The fourth-order valence-electron chi connectivity index (χ4n) is 2.00. The van der Waals surface area contributed by atoms with E-state index in [-0.39, 0.29) is 6.04 Å². The van der Waals surface area contributed by atoms with Gasteiger partial charge in [-0.05, 0) is 46.0 Å². The summed E-state index contributed by atoms with van der Waals surface area (Å²) in [4.78, 5) is 2.68. The minimum absolute atomic E-state index is 0.246. The van der Waals surface area contributed by atoms with Gasteiger partial charge in [-0.25, -0.2) is 0 Å². The van der Waals surface area contributed by atoms with Crippen molar-refractivity contribution >= 4 is 11.3 Å². The summed E-state index contributed by atoms with van der Waals surface area (Å²) in [6, 6.07) is 6.71. The van der Waals surface area contributed by atoms with E-state index in [1.807, 2.05) is 32.2 Å². The Labute approximate surface area is 100 Å². The number of hydrogen-bond donors (Lipinski definition) is 1. The second-order valence-corrected chi connectivity index (χ2v) is 5.36. The Kier molecular flexibility index (Phi) is 3.17. The molecule has 1 N–H and O–H groups in total. The first-order valence-electron chi connectivity index (χ1n) is 5.42. The summed E-state index contributed by atoms with van der Waals surface area (Å²) in [5.74, 6) is 1.98. The van der Waals surface area contributed by atoms with E-state index in [9.17, 15) is 0 Å². The van der Waals surface area contributed by atoms with Crippen molar-refractivity contribution < 1.29 is 4.42 Å². The molecular formula is C13H17NOS. The average Bonchev–Trinajstić information content (AvgIpc) is 2.76. The van der Waals surface area contributed by atoms with Gasteiger partial charge in [0.05, 0.1) is 6.04 Å². The van der Waals surface area contributed by atoms with Crippen molar-refractivity contribution in [2.75, 3.05) is 7.05 Å². The van der Waals surface area contributed by atoms with E-state index in [4.69, 9.17) is 4.42 Å². The largest absolute Gasteiger partial charge is 0.466 e. The van der Waals surface area contributed by atoms with Crippen molar-refractivity contribution in [2.24, 2.45) is 0 Å². The molecule has 2 heterocycles. The highest BCUT2D eigenvalue weighted by Gasteiger charge is 2.18. The first kappa shape index (κ1) is 11.4. The van der Waals surface area contributed by atoms with Gasteiger partial charge in [-0.3, -0.25) is 0 Å². The van der Waals surface area contributed by atoms with Crippen molar-refractivity contribution in [3.05, 3.63) is 45.0 Å². The molecule has 0 bridgehead atoms. The summed E-state index contributed by atoms with van der Waals surface area (Å²) in [5.41, 5.74) is 1.24. The molecule has 0 aliphatic heterocycles. The lowest BCUT2D eigenvalue weighted by atomic mass is 10.1. The van der Waals surface area contributed by atoms with Crippen LogP contribution < -0.4 is 5.32 Å². The van der Waals surface area contributed by atoms with Crippen LogP contribution in [0, 0.1) is 20.8 Å². The lowest BCUT2D eigenvalue weighted by Gasteiger charge is -2.13. The Morgan fingerprint density at radius 2 is 2.00 bits per heavy atom. The molecule has 0 amide bonds. The van der Waals surface area contributed by atoms with E-state index in [2.05, 4.69) is 30.4 Å². The number of nitrogens with one attached hydrogen (secondary N) is 1. The standard InChI is InChI=1S/C13H17NOS/c1-8-7-11(10(3)15-8)13(14-4)12-6-5-9(2)16-12/h5-7,13-14H,1-4H3. The first-order chi connectivity index (χ1) is 7.61. The van der Waals surface area contributed by atoms with Crippen LogP contribution in [0.4, 0.5) is 0 Å². The predicted molar refractivity (Wildman–Crippen MR) is 68.1 cm³/mol. The molecule has 0 radical (unpaired) electrons. The van der Waals surface area contributed by atoms with Gasteiger partial charge in [0, 0.05) is 15.3 Å². The van der Waals surface area contributed by atoms with Crippen LogP contribution in [0.2, 0.25) is 0 Å². The van der Waals surface area contributed by atoms with Crippen LogP contribution in [0.3, 0.4) is 0 Å². The van der Waals surface area contributed by atoms with Crippen LogP contribution in [-0.4, -0.2) is 7.05 Å². The van der Waals surface area contributed by atoms with Crippen molar-refractivity contribution in [1.29, 1.82) is 0 Å². The molecular weight excluding hydrogens is 218 g/mol. The molecule has 3 heteroatoms. The number of thiophene rings is 1. The van der Waals surface area contributed by atoms with Crippen LogP contribution >= 0.6 is 11.3 Å². The summed E-state index contributed by atoms with van der Waals surface area (Å²) in [7, 11) is 1.99. The summed E-state index contributed by atoms with van der Waals surface area (Å²) in [6.07, 6.45) is 0. The van der Waals surface area contributed by atoms with Crippen molar-refractivity contribution in [2.45, 2.75) is 26.8 Å². The molecule has 86 valence electrons. The molecule has 0 fully saturated rings. The molecule has 0 saturated carbocycles. The van der Waals surface area contributed by atoms with E-state index >= 15 is 0 Å². The van der Waals surface area contributed by atoms with Gasteiger partial charge in [-0.2, -0.15) is 0 Å². The molecule has 0 aliphatic carbocycles. The van der Waals surface area contributed by atoms with Crippen LogP contribution in [0.1, 0.15) is 32.9 Å². The highest BCUT2D eigenvalue weighted by molar-refractivity contribution is 7.12. The minimum atomic E-state index is 0.246. The van der Waals surface area contributed by atoms with Gasteiger partial charge in [0.2, 0.25) is 0 Å². The normalized spacial score (nSPS) is 13.0. The Hall–Kier alpha value is -1.06. The first-order valence-corrected chi connectivity index (χ1v) is 6.24. The molecule has 0 aromatic carbocycles. The topological polar surface area (TPSA) is 25.2 Å². The summed E-state index contributed by atoms with van der Waals surface area (Å²) in [5, 5.41) is 3.35. The third kappa shape index (κ3) is 2.06. The maximum Gasteiger partial charge on any atom is 0.106 e. The van der Waals surface area contributed by atoms with Gasteiger partial charge in [-0.15, -0.1) is 11.3 Å². The zero-order valence-corrected chi connectivity index (χ0v) is 10.9. The molecule has 16 heavy (non-hydrogen) atoms. The molecule has 2 rings (SSSR count). The predicted octanol–water partition coefficient (Wildman–Crippen LogP) is 3.58. The Morgan fingerprint density at radius 1 is 1.25 bits per heavy atom. The summed E-state index contributed by atoms with van der Waals surface area (Å²) in [6.45, 7) is 6.14. The molecule has 0 saturated heterocycles. The van der Waals surface area contributed by atoms with Gasteiger partial charge in [-0.1, -0.05) is 0 Å². The number of hydrogen-bond acceptors (Lipinski definition) is 3. The number of furan rings is 1. The van der Waals surface area contributed by atoms with E-state index < -0.39 is 0 Å². The molecule has 0 aliphatic rings. The van der Waals surface area contributed by atoms with Crippen molar-refractivity contribution in [3.8, 4) is 0 Å². The van der Waals surface area contributed by atoms with Crippen molar-refractivity contribution in [3.63, 3.8) is 0 Å². The van der Waals surface area contributed by atoms with Gasteiger partial charge in [0.25, 0.3) is 0 Å². The van der Waals surface area contributed by atoms with E-state index in [1.54, 1.807) is 0 Å². The second-order valence-electron chi connectivity index (χ2n) is 4.04. The van der Waals surface area contributed by atoms with Gasteiger partial charge < -0.3 is 9.73 Å². The number of aryl methyl sites for hydroxylation is 3. The lowest BCUT2D eigenvalue weighted by molar-refractivity contribution is 0.497. The van der Waals surface area contributed by atoms with Crippen LogP contribution in [0.5, 0.6) is 0 Å². The second kappa shape index (κ2) is 4.44. The zero-order valence-electron chi connectivity index (χ0n) is 10.1. The van der Waals surface area contributed by atoms with Gasteiger partial charge in [0.15, 0.2) is 0 Å². The fraction of sp³-hybridized carbons (Fsp3) is 0.385. The zero-order chi connectivity index (χ0) is 11.7. The third-order valence-electron chi connectivity index (χ3n) is 2.72.